The summed E-state index contributed by atoms with van der Waals surface area (Å²) in [6.07, 6.45) is 6.11. The van der Waals surface area contributed by atoms with E-state index in [9.17, 15) is 4.79 Å². The Bertz CT molecular complexity index is 599. The van der Waals surface area contributed by atoms with Crippen LogP contribution in [0.4, 0.5) is 0 Å². The first-order valence-electron chi connectivity index (χ1n) is 5.69. The molecule has 3 rings (SSSR count). The number of nitrogens with one attached hydrogen (secondary N) is 1. The molecule has 18 heavy (non-hydrogen) atoms. The van der Waals surface area contributed by atoms with E-state index >= 15 is 0 Å². The lowest BCUT2D eigenvalue weighted by atomic mass is 10.0. The maximum atomic E-state index is 11.3. The van der Waals surface area contributed by atoms with Crippen LogP contribution in [0.1, 0.15) is 18.2 Å². The van der Waals surface area contributed by atoms with Crippen LogP contribution < -0.4 is 5.43 Å². The zero-order chi connectivity index (χ0) is 12.5. The molecule has 0 aliphatic carbocycles. The van der Waals surface area contributed by atoms with Crippen molar-refractivity contribution < 1.29 is 4.79 Å². The molecule has 2 aromatic heterocycles. The number of hydrazone groups is 1. The van der Waals surface area contributed by atoms with E-state index in [0.717, 1.165) is 15.6 Å². The van der Waals surface area contributed by atoms with Gasteiger partial charge >= 0.3 is 0 Å². The maximum Gasteiger partial charge on any atom is 0.243 e. The topological polar surface area (TPSA) is 59.3 Å². The molecule has 0 saturated carbocycles. The molecule has 5 nitrogen and oxygen atoms in total. The summed E-state index contributed by atoms with van der Waals surface area (Å²) in [6.45, 7) is 1.91. The maximum absolute atomic E-state index is 11.3. The summed E-state index contributed by atoms with van der Waals surface area (Å²) in [5, 5.41) is 5.22. The van der Waals surface area contributed by atoms with Gasteiger partial charge < -0.3 is 0 Å². The molecule has 1 amide bonds. The molecule has 1 aliphatic heterocycles. The average molecular weight is 260 g/mol. The SMILES string of the molecule is CC1CC(c2ccc(-n3ccnc3)s2)=NNC1=O. The summed E-state index contributed by atoms with van der Waals surface area (Å²) < 4.78 is 1.96. The summed E-state index contributed by atoms with van der Waals surface area (Å²) in [5.74, 6) is -0.0264. The van der Waals surface area contributed by atoms with Crippen molar-refractivity contribution in [2.45, 2.75) is 13.3 Å². The molecule has 0 radical (unpaired) electrons. The second kappa shape index (κ2) is 4.38. The molecule has 2 aromatic rings. The van der Waals surface area contributed by atoms with Crippen molar-refractivity contribution in [3.8, 4) is 5.00 Å². The zero-order valence-electron chi connectivity index (χ0n) is 9.83. The van der Waals surface area contributed by atoms with Crippen molar-refractivity contribution in [1.82, 2.24) is 15.0 Å². The van der Waals surface area contributed by atoms with Crippen LogP contribution in [0.3, 0.4) is 0 Å². The molecular formula is C12H12N4OS. The Kier molecular flexibility index (Phi) is 2.71. The van der Waals surface area contributed by atoms with Crippen molar-refractivity contribution in [3.05, 3.63) is 35.7 Å². The highest BCUT2D eigenvalue weighted by atomic mass is 32.1. The molecule has 0 aromatic carbocycles. The van der Waals surface area contributed by atoms with Crippen LogP contribution in [0, 0.1) is 5.92 Å². The number of aromatic nitrogens is 2. The van der Waals surface area contributed by atoms with Crippen molar-refractivity contribution in [3.63, 3.8) is 0 Å². The van der Waals surface area contributed by atoms with E-state index < -0.39 is 0 Å². The molecule has 1 atom stereocenters. The third-order valence-corrected chi connectivity index (χ3v) is 4.03. The van der Waals surface area contributed by atoms with Gasteiger partial charge in [-0.2, -0.15) is 5.10 Å². The Morgan fingerprint density at radius 2 is 2.39 bits per heavy atom. The second-order valence-corrected chi connectivity index (χ2v) is 5.31. The summed E-state index contributed by atoms with van der Waals surface area (Å²) in [4.78, 5) is 16.4. The van der Waals surface area contributed by atoms with Crippen LogP contribution in [-0.4, -0.2) is 21.2 Å². The normalized spacial score (nSPS) is 19.5. The fourth-order valence-electron chi connectivity index (χ4n) is 1.83. The Labute approximate surface area is 108 Å². The molecule has 0 spiro atoms. The highest BCUT2D eigenvalue weighted by Gasteiger charge is 2.22. The summed E-state index contributed by atoms with van der Waals surface area (Å²) in [6, 6.07) is 4.06. The molecule has 0 bridgehead atoms. The highest BCUT2D eigenvalue weighted by molar-refractivity contribution is 7.16. The molecule has 92 valence electrons. The van der Waals surface area contributed by atoms with Crippen molar-refractivity contribution in [2.75, 3.05) is 0 Å². The second-order valence-electron chi connectivity index (χ2n) is 4.25. The van der Waals surface area contributed by atoms with Gasteiger partial charge in [0.05, 0.1) is 16.9 Å². The van der Waals surface area contributed by atoms with E-state index in [1.807, 2.05) is 29.8 Å². The minimum Gasteiger partial charge on any atom is -0.298 e. The van der Waals surface area contributed by atoms with Crippen molar-refractivity contribution >= 4 is 23.0 Å². The third kappa shape index (κ3) is 1.95. The lowest BCUT2D eigenvalue weighted by molar-refractivity contribution is -0.124. The van der Waals surface area contributed by atoms with Crippen LogP contribution in [0.2, 0.25) is 0 Å². The number of carbonyl (C=O) groups is 1. The standard InChI is InChI=1S/C12H12N4OS/c1-8-6-9(14-15-12(8)17)10-2-3-11(18-10)16-5-4-13-7-16/h2-5,7-8H,6H2,1H3,(H,15,17). The minimum atomic E-state index is -0.0173. The molecule has 3 heterocycles. The van der Waals surface area contributed by atoms with E-state index in [0.29, 0.717) is 6.42 Å². The molecule has 1 unspecified atom stereocenters. The fraction of sp³-hybridized carbons (Fsp3) is 0.250. The molecule has 1 aliphatic rings. The predicted octanol–water partition coefficient (Wildman–Crippen LogP) is 1.79. The summed E-state index contributed by atoms with van der Waals surface area (Å²) in [7, 11) is 0. The molecule has 0 fully saturated rings. The first-order chi connectivity index (χ1) is 8.74. The Morgan fingerprint density at radius 1 is 1.50 bits per heavy atom. The Morgan fingerprint density at radius 3 is 3.11 bits per heavy atom. The lowest BCUT2D eigenvalue weighted by Gasteiger charge is -2.16. The number of carbonyl (C=O) groups excluding carboxylic acids is 1. The number of thiophene rings is 1. The van der Waals surface area contributed by atoms with Gasteiger partial charge in [-0.3, -0.25) is 9.36 Å². The molecule has 0 saturated heterocycles. The van der Waals surface area contributed by atoms with Crippen LogP contribution in [-0.2, 0) is 4.79 Å². The van der Waals surface area contributed by atoms with E-state index in [4.69, 9.17) is 0 Å². The van der Waals surface area contributed by atoms with Crippen molar-refractivity contribution in [1.29, 1.82) is 0 Å². The lowest BCUT2D eigenvalue weighted by Crippen LogP contribution is -2.32. The average Bonchev–Trinajstić information content (AvgIpc) is 3.01. The number of amides is 1. The van der Waals surface area contributed by atoms with Crippen LogP contribution in [0.25, 0.3) is 5.00 Å². The van der Waals surface area contributed by atoms with Gasteiger partial charge in [0.25, 0.3) is 0 Å². The van der Waals surface area contributed by atoms with Gasteiger partial charge in [0.15, 0.2) is 0 Å². The van der Waals surface area contributed by atoms with Gasteiger partial charge in [0.2, 0.25) is 5.91 Å². The first-order valence-corrected chi connectivity index (χ1v) is 6.50. The van der Waals surface area contributed by atoms with Gasteiger partial charge in [0, 0.05) is 24.7 Å². The number of hydrogen-bond donors (Lipinski definition) is 1. The largest absolute Gasteiger partial charge is 0.298 e. The van der Waals surface area contributed by atoms with E-state index in [1.54, 1.807) is 23.9 Å². The smallest absolute Gasteiger partial charge is 0.243 e. The Balaban J connectivity index is 1.88. The van der Waals surface area contributed by atoms with E-state index in [2.05, 4.69) is 15.5 Å². The van der Waals surface area contributed by atoms with Gasteiger partial charge in [0.1, 0.15) is 5.00 Å². The summed E-state index contributed by atoms with van der Waals surface area (Å²) >= 11 is 1.64. The number of imidazole rings is 1. The van der Waals surface area contributed by atoms with Crippen LogP contribution in [0.15, 0.2) is 36.0 Å². The highest BCUT2D eigenvalue weighted by Crippen LogP contribution is 2.24. The number of nitrogens with zero attached hydrogens (tertiary/aromatic N) is 3. The number of rotatable bonds is 2. The zero-order valence-corrected chi connectivity index (χ0v) is 10.6. The quantitative estimate of drug-likeness (QED) is 0.895. The Hall–Kier alpha value is -1.95. The van der Waals surface area contributed by atoms with Crippen LogP contribution >= 0.6 is 11.3 Å². The summed E-state index contributed by atoms with van der Waals surface area (Å²) in [5.41, 5.74) is 3.50. The van der Waals surface area contributed by atoms with E-state index in [1.165, 1.54) is 0 Å². The minimum absolute atomic E-state index is 0.00913. The first kappa shape index (κ1) is 11.2. The van der Waals surface area contributed by atoms with Gasteiger partial charge in [-0.25, -0.2) is 10.4 Å². The molecular weight excluding hydrogens is 248 g/mol. The monoisotopic (exact) mass is 260 g/mol. The van der Waals surface area contributed by atoms with Gasteiger partial charge in [-0.15, -0.1) is 11.3 Å². The number of hydrogen-bond acceptors (Lipinski definition) is 4. The van der Waals surface area contributed by atoms with Crippen molar-refractivity contribution in [2.24, 2.45) is 11.0 Å². The van der Waals surface area contributed by atoms with Gasteiger partial charge in [-0.05, 0) is 12.1 Å². The van der Waals surface area contributed by atoms with E-state index in [-0.39, 0.29) is 11.8 Å². The van der Waals surface area contributed by atoms with Gasteiger partial charge in [-0.1, -0.05) is 6.92 Å². The molecule has 1 N–H and O–H groups in total. The third-order valence-electron chi connectivity index (χ3n) is 2.88. The predicted molar refractivity (Wildman–Crippen MR) is 69.9 cm³/mol. The fourth-order valence-corrected chi connectivity index (χ4v) is 2.79. The van der Waals surface area contributed by atoms with Crippen LogP contribution in [0.5, 0.6) is 0 Å². The molecule has 6 heteroatoms.